The van der Waals surface area contributed by atoms with Gasteiger partial charge in [-0.05, 0) is 12.8 Å². The Morgan fingerprint density at radius 2 is 2.31 bits per heavy atom. The Bertz CT molecular complexity index is 229. The fourth-order valence-electron chi connectivity index (χ4n) is 1.64. The van der Waals surface area contributed by atoms with Gasteiger partial charge in [0.05, 0.1) is 18.4 Å². The van der Waals surface area contributed by atoms with Crippen LogP contribution in [-0.4, -0.2) is 48.9 Å². The molecule has 6 heteroatoms. The molecule has 1 atom stereocenters. The molecular formula is C10H16ClF2NO2. The fourth-order valence-corrected chi connectivity index (χ4v) is 1.96. The molecule has 0 N–H and O–H groups in total. The number of amides is 1. The summed E-state index contributed by atoms with van der Waals surface area (Å²) in [6, 6.07) is 0. The van der Waals surface area contributed by atoms with Crippen molar-refractivity contribution in [2.75, 3.05) is 26.3 Å². The topological polar surface area (TPSA) is 29.5 Å². The molecule has 1 amide bonds. The van der Waals surface area contributed by atoms with E-state index in [1.54, 1.807) is 4.90 Å². The molecule has 1 heterocycles. The van der Waals surface area contributed by atoms with Gasteiger partial charge in [0.25, 0.3) is 6.43 Å². The summed E-state index contributed by atoms with van der Waals surface area (Å²) in [4.78, 5) is 13.3. The van der Waals surface area contributed by atoms with E-state index in [9.17, 15) is 13.6 Å². The second-order valence-corrected chi connectivity index (χ2v) is 4.41. The zero-order chi connectivity index (χ0) is 12.0. The van der Waals surface area contributed by atoms with Crippen molar-refractivity contribution in [1.29, 1.82) is 0 Å². The SMILES string of the molecule is O=C(CCOCC(F)F)N1CCCC(Cl)C1. The van der Waals surface area contributed by atoms with E-state index in [0.717, 1.165) is 12.8 Å². The zero-order valence-corrected chi connectivity index (χ0v) is 9.76. The third-order valence-electron chi connectivity index (χ3n) is 2.42. The van der Waals surface area contributed by atoms with Crippen LogP contribution < -0.4 is 0 Å². The van der Waals surface area contributed by atoms with Gasteiger partial charge in [-0.2, -0.15) is 0 Å². The van der Waals surface area contributed by atoms with Crippen LogP contribution >= 0.6 is 11.6 Å². The van der Waals surface area contributed by atoms with Crippen molar-refractivity contribution in [3.05, 3.63) is 0 Å². The molecule has 0 saturated carbocycles. The first-order valence-corrected chi connectivity index (χ1v) is 5.81. The molecule has 0 bridgehead atoms. The summed E-state index contributed by atoms with van der Waals surface area (Å²) >= 11 is 5.93. The number of nitrogens with zero attached hydrogens (tertiary/aromatic N) is 1. The van der Waals surface area contributed by atoms with Crippen LogP contribution in [0.2, 0.25) is 0 Å². The van der Waals surface area contributed by atoms with Crippen LogP contribution in [0.1, 0.15) is 19.3 Å². The average molecular weight is 256 g/mol. The van der Waals surface area contributed by atoms with Crippen LogP contribution in [0, 0.1) is 0 Å². The zero-order valence-electron chi connectivity index (χ0n) is 9.00. The van der Waals surface area contributed by atoms with Crippen LogP contribution in [0.25, 0.3) is 0 Å². The predicted molar refractivity (Wildman–Crippen MR) is 56.9 cm³/mol. The minimum Gasteiger partial charge on any atom is -0.375 e. The van der Waals surface area contributed by atoms with Gasteiger partial charge in [0.2, 0.25) is 5.91 Å². The molecule has 1 rings (SSSR count). The monoisotopic (exact) mass is 255 g/mol. The molecule has 1 saturated heterocycles. The lowest BCUT2D eigenvalue weighted by atomic mass is 10.1. The molecule has 0 radical (unpaired) electrons. The molecule has 1 fully saturated rings. The quantitative estimate of drug-likeness (QED) is 0.555. The van der Waals surface area contributed by atoms with E-state index in [2.05, 4.69) is 4.74 Å². The molecular weight excluding hydrogens is 240 g/mol. The maximum absolute atomic E-state index is 11.7. The Kier molecular flexibility index (Phi) is 5.98. The Morgan fingerprint density at radius 3 is 2.94 bits per heavy atom. The van der Waals surface area contributed by atoms with Gasteiger partial charge in [0, 0.05) is 13.1 Å². The van der Waals surface area contributed by atoms with E-state index in [1.165, 1.54) is 0 Å². The highest BCUT2D eigenvalue weighted by molar-refractivity contribution is 6.20. The standard InChI is InChI=1S/C10H16ClF2NO2/c11-8-2-1-4-14(6-8)10(15)3-5-16-7-9(12)13/h8-9H,1-7H2. The Labute approximate surface area is 98.7 Å². The Hall–Kier alpha value is -0.420. The molecule has 3 nitrogen and oxygen atoms in total. The van der Waals surface area contributed by atoms with Gasteiger partial charge in [0.1, 0.15) is 6.61 Å². The van der Waals surface area contributed by atoms with Crippen LogP contribution in [0.15, 0.2) is 0 Å². The van der Waals surface area contributed by atoms with Gasteiger partial charge in [-0.15, -0.1) is 11.6 Å². The highest BCUT2D eigenvalue weighted by Crippen LogP contribution is 2.15. The average Bonchev–Trinajstić information content (AvgIpc) is 2.24. The van der Waals surface area contributed by atoms with E-state index in [4.69, 9.17) is 11.6 Å². The number of hydrogen-bond acceptors (Lipinski definition) is 2. The molecule has 0 aromatic rings. The highest BCUT2D eigenvalue weighted by atomic mass is 35.5. The number of likely N-dealkylation sites (tertiary alicyclic amines) is 1. The van der Waals surface area contributed by atoms with Gasteiger partial charge < -0.3 is 9.64 Å². The molecule has 0 aliphatic carbocycles. The predicted octanol–water partition coefficient (Wildman–Crippen LogP) is 1.89. The minimum absolute atomic E-state index is 0.0136. The van der Waals surface area contributed by atoms with Gasteiger partial charge >= 0.3 is 0 Å². The summed E-state index contributed by atoms with van der Waals surface area (Å²) in [6.07, 6.45) is -0.501. The lowest BCUT2D eigenvalue weighted by Gasteiger charge is -2.29. The number of rotatable bonds is 5. The molecule has 0 aromatic heterocycles. The second kappa shape index (κ2) is 7.01. The second-order valence-electron chi connectivity index (χ2n) is 3.80. The first kappa shape index (κ1) is 13.6. The summed E-state index contributed by atoms with van der Waals surface area (Å²) in [6.45, 7) is 0.699. The summed E-state index contributed by atoms with van der Waals surface area (Å²) in [5.74, 6) is -0.0698. The number of carbonyl (C=O) groups is 1. The van der Waals surface area contributed by atoms with Crippen molar-refractivity contribution in [3.63, 3.8) is 0 Å². The first-order valence-electron chi connectivity index (χ1n) is 5.37. The van der Waals surface area contributed by atoms with Crippen molar-refractivity contribution < 1.29 is 18.3 Å². The van der Waals surface area contributed by atoms with Crippen molar-refractivity contribution in [3.8, 4) is 0 Å². The molecule has 1 aliphatic rings. The molecule has 16 heavy (non-hydrogen) atoms. The van der Waals surface area contributed by atoms with Crippen LogP contribution in [0.5, 0.6) is 0 Å². The maximum atomic E-state index is 11.7. The van der Waals surface area contributed by atoms with Crippen molar-refractivity contribution in [2.24, 2.45) is 0 Å². The summed E-state index contributed by atoms with van der Waals surface area (Å²) in [5, 5.41) is 0.0136. The van der Waals surface area contributed by atoms with E-state index in [-0.39, 0.29) is 24.3 Å². The van der Waals surface area contributed by atoms with E-state index >= 15 is 0 Å². The van der Waals surface area contributed by atoms with E-state index < -0.39 is 13.0 Å². The minimum atomic E-state index is -2.47. The molecule has 0 spiro atoms. The summed E-state index contributed by atoms with van der Waals surface area (Å²) in [7, 11) is 0. The van der Waals surface area contributed by atoms with Crippen LogP contribution in [-0.2, 0) is 9.53 Å². The number of carbonyl (C=O) groups excluding carboxylic acids is 1. The van der Waals surface area contributed by atoms with Gasteiger partial charge in [-0.1, -0.05) is 0 Å². The number of ether oxygens (including phenoxy) is 1. The van der Waals surface area contributed by atoms with E-state index in [1.807, 2.05) is 0 Å². The highest BCUT2D eigenvalue weighted by Gasteiger charge is 2.21. The molecule has 1 aliphatic heterocycles. The fraction of sp³-hybridized carbons (Fsp3) is 0.900. The van der Waals surface area contributed by atoms with E-state index in [0.29, 0.717) is 13.1 Å². The molecule has 94 valence electrons. The number of hydrogen-bond donors (Lipinski definition) is 0. The summed E-state index contributed by atoms with van der Waals surface area (Å²) < 4.78 is 28.1. The number of halogens is 3. The normalized spacial score (nSPS) is 21.5. The van der Waals surface area contributed by atoms with Crippen molar-refractivity contribution in [1.82, 2.24) is 4.90 Å². The maximum Gasteiger partial charge on any atom is 0.261 e. The van der Waals surface area contributed by atoms with Crippen LogP contribution in [0.3, 0.4) is 0 Å². The Balaban J connectivity index is 2.14. The lowest BCUT2D eigenvalue weighted by Crippen LogP contribution is -2.40. The third-order valence-corrected chi connectivity index (χ3v) is 2.78. The van der Waals surface area contributed by atoms with Gasteiger partial charge in [-0.25, -0.2) is 8.78 Å². The van der Waals surface area contributed by atoms with Gasteiger partial charge in [-0.3, -0.25) is 4.79 Å². The number of piperidine rings is 1. The lowest BCUT2D eigenvalue weighted by molar-refractivity contribution is -0.133. The Morgan fingerprint density at radius 1 is 1.56 bits per heavy atom. The largest absolute Gasteiger partial charge is 0.375 e. The third kappa shape index (κ3) is 5.07. The van der Waals surface area contributed by atoms with Crippen molar-refractivity contribution in [2.45, 2.75) is 31.1 Å². The smallest absolute Gasteiger partial charge is 0.261 e. The van der Waals surface area contributed by atoms with Gasteiger partial charge in [0.15, 0.2) is 0 Å². The summed E-state index contributed by atoms with van der Waals surface area (Å²) in [5.41, 5.74) is 0. The molecule has 0 aromatic carbocycles. The number of alkyl halides is 3. The van der Waals surface area contributed by atoms with Crippen molar-refractivity contribution >= 4 is 17.5 Å². The first-order chi connectivity index (χ1) is 7.59. The van der Waals surface area contributed by atoms with Crippen LogP contribution in [0.4, 0.5) is 8.78 Å². The molecule has 1 unspecified atom stereocenters.